The van der Waals surface area contributed by atoms with Gasteiger partial charge in [-0.15, -0.1) is 0 Å². The van der Waals surface area contributed by atoms with Crippen molar-refractivity contribution in [3.8, 4) is 17.0 Å². The van der Waals surface area contributed by atoms with Gasteiger partial charge in [0.15, 0.2) is 11.6 Å². The molecule has 0 radical (unpaired) electrons. The number of H-pyrrole nitrogens is 1. The van der Waals surface area contributed by atoms with Crippen molar-refractivity contribution in [1.82, 2.24) is 34.7 Å². The van der Waals surface area contributed by atoms with Crippen LogP contribution in [0.5, 0.6) is 5.75 Å². The number of carbonyl (C=O) groups excluding carboxylic acids is 1. The van der Waals surface area contributed by atoms with Crippen LogP contribution in [-0.4, -0.2) is 78.5 Å². The van der Waals surface area contributed by atoms with Crippen LogP contribution in [-0.2, 0) is 11.3 Å². The average molecular weight is 540 g/mol. The molecule has 1 aromatic carbocycles. The number of aromatic amines is 1. The molecule has 4 heterocycles. The van der Waals surface area contributed by atoms with Crippen LogP contribution in [0.3, 0.4) is 0 Å². The van der Waals surface area contributed by atoms with E-state index in [1.165, 1.54) is 19.2 Å². The zero-order chi connectivity index (χ0) is 27.1. The maximum absolute atomic E-state index is 12.3. The van der Waals surface area contributed by atoms with Crippen LogP contribution in [0.25, 0.3) is 22.3 Å². The molecular weight excluding hydrogens is 506 g/mol. The van der Waals surface area contributed by atoms with Crippen molar-refractivity contribution < 1.29 is 9.90 Å². The van der Waals surface area contributed by atoms with Crippen LogP contribution in [0.2, 0.25) is 0 Å². The van der Waals surface area contributed by atoms with Gasteiger partial charge in [-0.2, -0.15) is 0 Å². The van der Waals surface area contributed by atoms with Gasteiger partial charge in [0.05, 0.1) is 11.0 Å². The second kappa shape index (κ2) is 10.4. The van der Waals surface area contributed by atoms with Gasteiger partial charge in [-0.05, 0) is 61.4 Å². The maximum Gasteiger partial charge on any atom is 0.225 e. The maximum atomic E-state index is 12.3. The molecule has 1 aliphatic heterocycles. The monoisotopic (exact) mass is 539 g/mol. The molecule has 0 unspecified atom stereocenters. The molecule has 2 aliphatic carbocycles. The minimum Gasteiger partial charge on any atom is -0.503 e. The van der Waals surface area contributed by atoms with E-state index < -0.39 is 0 Å². The van der Waals surface area contributed by atoms with Gasteiger partial charge in [0.2, 0.25) is 11.9 Å². The van der Waals surface area contributed by atoms with E-state index in [1.807, 2.05) is 35.2 Å². The molecule has 7 rings (SSSR count). The predicted molar refractivity (Wildman–Crippen MR) is 152 cm³/mol. The van der Waals surface area contributed by atoms with Crippen molar-refractivity contribution in [3.05, 3.63) is 48.4 Å². The van der Waals surface area contributed by atoms with E-state index >= 15 is 0 Å². The number of imidazole rings is 1. The summed E-state index contributed by atoms with van der Waals surface area (Å²) in [7, 11) is 0. The summed E-state index contributed by atoms with van der Waals surface area (Å²) in [5.74, 6) is 3.10. The molecule has 3 fully saturated rings. The molecule has 40 heavy (non-hydrogen) atoms. The summed E-state index contributed by atoms with van der Waals surface area (Å²) in [4.78, 5) is 37.7. The third-order valence-electron chi connectivity index (χ3n) is 7.92. The molecule has 0 bridgehead atoms. The lowest BCUT2D eigenvalue weighted by Gasteiger charge is -2.34. The Morgan fingerprint density at radius 3 is 2.67 bits per heavy atom. The van der Waals surface area contributed by atoms with Gasteiger partial charge >= 0.3 is 0 Å². The first-order valence-corrected chi connectivity index (χ1v) is 14.1. The van der Waals surface area contributed by atoms with Gasteiger partial charge in [0.1, 0.15) is 17.8 Å². The van der Waals surface area contributed by atoms with E-state index in [0.717, 1.165) is 74.3 Å². The minimum atomic E-state index is 0.0531. The number of pyridine rings is 1. The van der Waals surface area contributed by atoms with Crippen LogP contribution in [0.4, 0.5) is 17.6 Å². The lowest BCUT2D eigenvalue weighted by atomic mass is 10.1. The predicted octanol–water partition coefficient (Wildman–Crippen LogP) is 3.74. The van der Waals surface area contributed by atoms with Crippen molar-refractivity contribution in [1.29, 1.82) is 0 Å². The first-order chi connectivity index (χ1) is 19.6. The van der Waals surface area contributed by atoms with Gasteiger partial charge in [-0.3, -0.25) is 9.69 Å². The molecule has 2 saturated carbocycles. The molecule has 1 amide bonds. The number of nitrogens with one attached hydrogen (secondary N) is 3. The molecule has 3 aliphatic rings. The third-order valence-corrected chi connectivity index (χ3v) is 7.92. The average Bonchev–Trinajstić information content (AvgIpc) is 3.90. The lowest BCUT2D eigenvalue weighted by Crippen LogP contribution is -2.48. The first kappa shape index (κ1) is 24.8. The van der Waals surface area contributed by atoms with E-state index in [4.69, 9.17) is 0 Å². The van der Waals surface area contributed by atoms with Crippen LogP contribution >= 0.6 is 0 Å². The Labute approximate surface area is 232 Å². The normalized spacial score (nSPS) is 17.8. The third kappa shape index (κ3) is 5.42. The number of fused-ring (bicyclic) bond motifs is 1. The largest absolute Gasteiger partial charge is 0.503 e. The molecule has 0 atom stereocenters. The SMILES string of the molecule is O=C(C1CC1)N1CCN(Cc2ccnc(Nc3nc4ccc(-c5ncnc(NCC6CC6)c5O)cc4[nH]3)c2)CC1. The van der Waals surface area contributed by atoms with Crippen LogP contribution < -0.4 is 10.6 Å². The fraction of sp³-hybridized carbons (Fsp3) is 0.414. The number of aromatic hydroxyl groups is 1. The standard InChI is InChI=1S/C29H33N9O2/c39-26-25(32-17-33-27(26)31-15-18-1-2-18)21-5-6-22-23(14-21)35-29(34-22)36-24-13-19(7-8-30-24)16-37-9-11-38(12-10-37)28(40)20-3-4-20/h5-8,13-14,17-18,20,39H,1-4,9-12,15-16H2,(H,31,32,33)(H2,30,34,35,36). The number of piperazine rings is 1. The fourth-order valence-corrected chi connectivity index (χ4v) is 5.23. The number of hydrogen-bond acceptors (Lipinski definition) is 9. The number of hydrogen-bond donors (Lipinski definition) is 4. The highest BCUT2D eigenvalue weighted by molar-refractivity contribution is 5.85. The highest BCUT2D eigenvalue weighted by Crippen LogP contribution is 2.35. The Hall–Kier alpha value is -4.25. The number of anilines is 3. The Balaban J connectivity index is 1.01. The lowest BCUT2D eigenvalue weighted by molar-refractivity contribution is -0.134. The fourth-order valence-electron chi connectivity index (χ4n) is 5.23. The topological polar surface area (TPSA) is 135 Å². The van der Waals surface area contributed by atoms with Crippen molar-refractivity contribution >= 4 is 34.5 Å². The zero-order valence-electron chi connectivity index (χ0n) is 22.3. The van der Waals surface area contributed by atoms with E-state index in [-0.39, 0.29) is 11.7 Å². The summed E-state index contributed by atoms with van der Waals surface area (Å²) in [6, 6.07) is 9.80. The van der Waals surface area contributed by atoms with Crippen molar-refractivity contribution in [2.75, 3.05) is 43.4 Å². The number of amides is 1. The highest BCUT2D eigenvalue weighted by Gasteiger charge is 2.34. The number of nitrogens with zero attached hydrogens (tertiary/aromatic N) is 6. The van der Waals surface area contributed by atoms with E-state index in [1.54, 1.807) is 6.20 Å². The Bertz CT molecular complexity index is 1540. The molecule has 4 N–H and O–H groups in total. The van der Waals surface area contributed by atoms with Gasteiger partial charge in [0, 0.05) is 56.9 Å². The van der Waals surface area contributed by atoms with Crippen molar-refractivity contribution in [3.63, 3.8) is 0 Å². The molecule has 3 aromatic heterocycles. The van der Waals surface area contributed by atoms with Crippen LogP contribution in [0, 0.1) is 11.8 Å². The van der Waals surface area contributed by atoms with Crippen molar-refractivity contribution in [2.24, 2.45) is 11.8 Å². The van der Waals surface area contributed by atoms with E-state index in [0.29, 0.717) is 35.1 Å². The van der Waals surface area contributed by atoms with Gasteiger partial charge < -0.3 is 25.6 Å². The highest BCUT2D eigenvalue weighted by atomic mass is 16.3. The van der Waals surface area contributed by atoms with E-state index in [2.05, 4.69) is 40.5 Å². The second-order valence-electron chi connectivity index (χ2n) is 11.1. The van der Waals surface area contributed by atoms with Crippen LogP contribution in [0.15, 0.2) is 42.9 Å². The summed E-state index contributed by atoms with van der Waals surface area (Å²) in [5, 5.41) is 17.3. The summed E-state index contributed by atoms with van der Waals surface area (Å²) in [5.41, 5.74) is 4.02. The van der Waals surface area contributed by atoms with Gasteiger partial charge in [0.25, 0.3) is 0 Å². The van der Waals surface area contributed by atoms with Crippen molar-refractivity contribution in [2.45, 2.75) is 32.2 Å². The molecule has 0 spiro atoms. The molecule has 11 heteroatoms. The number of carbonyl (C=O) groups is 1. The first-order valence-electron chi connectivity index (χ1n) is 14.1. The van der Waals surface area contributed by atoms with E-state index in [9.17, 15) is 9.90 Å². The smallest absolute Gasteiger partial charge is 0.225 e. The summed E-state index contributed by atoms with van der Waals surface area (Å²) >= 11 is 0. The number of rotatable bonds is 9. The summed E-state index contributed by atoms with van der Waals surface area (Å²) in [6.45, 7) is 5.00. The second-order valence-corrected chi connectivity index (χ2v) is 11.1. The molecule has 4 aromatic rings. The Morgan fingerprint density at radius 2 is 1.88 bits per heavy atom. The summed E-state index contributed by atoms with van der Waals surface area (Å²) < 4.78 is 0. The van der Waals surface area contributed by atoms with Crippen LogP contribution in [0.1, 0.15) is 31.2 Å². The molecule has 1 saturated heterocycles. The zero-order valence-corrected chi connectivity index (χ0v) is 22.3. The number of aromatic nitrogens is 5. The summed E-state index contributed by atoms with van der Waals surface area (Å²) in [6.07, 6.45) is 7.84. The molecular formula is C29H33N9O2. The van der Waals surface area contributed by atoms with Gasteiger partial charge in [-0.1, -0.05) is 6.07 Å². The molecule has 206 valence electrons. The minimum absolute atomic E-state index is 0.0531. The molecule has 11 nitrogen and oxygen atoms in total. The Morgan fingerprint density at radius 1 is 1.02 bits per heavy atom. The van der Waals surface area contributed by atoms with Gasteiger partial charge in [-0.25, -0.2) is 19.9 Å². The Kier molecular flexibility index (Phi) is 6.43. The number of benzene rings is 1. The quantitative estimate of drug-likeness (QED) is 0.251.